The largest absolute Gasteiger partial charge is 0.481 e. The predicted molar refractivity (Wildman–Crippen MR) is 51.9 cm³/mol. The molecular weight excluding hydrogens is 184 g/mol. The quantitative estimate of drug-likeness (QED) is 0.604. The van der Waals surface area contributed by atoms with Gasteiger partial charge in [0.05, 0.1) is 12.5 Å². The molecule has 0 amide bonds. The number of aliphatic hydroxyl groups is 1. The maximum absolute atomic E-state index is 11.1. The van der Waals surface area contributed by atoms with Crippen LogP contribution in [0.15, 0.2) is 12.2 Å². The van der Waals surface area contributed by atoms with Crippen LogP contribution in [0.4, 0.5) is 0 Å². The normalized spacial score (nSPS) is 13.0. The molecule has 0 heterocycles. The van der Waals surface area contributed by atoms with Crippen molar-refractivity contribution in [1.29, 1.82) is 0 Å². The molecule has 4 nitrogen and oxygen atoms in total. The third-order valence-corrected chi connectivity index (χ3v) is 1.70. The monoisotopic (exact) mass is 200 g/mol. The minimum Gasteiger partial charge on any atom is -0.481 e. The van der Waals surface area contributed by atoms with Gasteiger partial charge in [-0.05, 0) is 13.3 Å². The Labute approximate surface area is 83.2 Å². The van der Waals surface area contributed by atoms with Crippen molar-refractivity contribution in [1.82, 2.24) is 0 Å². The van der Waals surface area contributed by atoms with Crippen LogP contribution >= 0.6 is 0 Å². The van der Waals surface area contributed by atoms with Gasteiger partial charge >= 0.3 is 5.97 Å². The van der Waals surface area contributed by atoms with E-state index in [1.807, 2.05) is 19.1 Å². The summed E-state index contributed by atoms with van der Waals surface area (Å²) < 4.78 is 0. The Morgan fingerprint density at radius 3 is 2.50 bits per heavy atom. The van der Waals surface area contributed by atoms with Crippen LogP contribution in [-0.4, -0.2) is 28.1 Å². The molecule has 0 radical (unpaired) electrons. The molecule has 0 saturated carbocycles. The van der Waals surface area contributed by atoms with Gasteiger partial charge in [-0.25, -0.2) is 0 Å². The lowest BCUT2D eigenvalue weighted by atomic mass is 10.1. The maximum atomic E-state index is 11.1. The topological polar surface area (TPSA) is 74.6 Å². The second-order valence-electron chi connectivity index (χ2n) is 3.10. The molecule has 0 bridgehead atoms. The third kappa shape index (κ3) is 7.49. The van der Waals surface area contributed by atoms with Gasteiger partial charge in [-0.1, -0.05) is 12.2 Å². The second kappa shape index (κ2) is 7.26. The predicted octanol–water partition coefficient (Wildman–Crippen LogP) is 1.14. The molecule has 0 spiro atoms. The van der Waals surface area contributed by atoms with E-state index in [2.05, 4.69) is 0 Å². The smallest absolute Gasteiger partial charge is 0.305 e. The molecule has 80 valence electrons. The van der Waals surface area contributed by atoms with Crippen LogP contribution in [0.1, 0.15) is 32.6 Å². The van der Waals surface area contributed by atoms with Crippen molar-refractivity contribution in [3.8, 4) is 0 Å². The summed E-state index contributed by atoms with van der Waals surface area (Å²) in [6, 6.07) is 0. The highest BCUT2D eigenvalue weighted by Gasteiger charge is 2.13. The Hall–Kier alpha value is -1.16. The zero-order valence-electron chi connectivity index (χ0n) is 8.27. The molecule has 0 saturated heterocycles. The van der Waals surface area contributed by atoms with Crippen LogP contribution in [0.25, 0.3) is 0 Å². The summed E-state index contributed by atoms with van der Waals surface area (Å²) in [6.07, 6.45) is 3.24. The number of carboxylic acids is 1. The summed E-state index contributed by atoms with van der Waals surface area (Å²) in [5.41, 5.74) is 0. The number of carbonyl (C=O) groups excluding carboxylic acids is 1. The van der Waals surface area contributed by atoms with Crippen molar-refractivity contribution >= 4 is 11.8 Å². The summed E-state index contributed by atoms with van der Waals surface area (Å²) in [7, 11) is 0. The highest BCUT2D eigenvalue weighted by atomic mass is 16.4. The van der Waals surface area contributed by atoms with E-state index >= 15 is 0 Å². The fourth-order valence-corrected chi connectivity index (χ4v) is 1.05. The SMILES string of the molecule is CC=CCCC(=O)CC(O)CC(=O)O. The molecule has 0 rings (SSSR count). The standard InChI is InChI=1S/C10H16O4/c1-2-3-4-5-8(11)6-9(12)7-10(13)14/h2-3,9,12H,4-7H2,1H3,(H,13,14). The molecule has 0 aliphatic carbocycles. The highest BCUT2D eigenvalue weighted by Crippen LogP contribution is 2.03. The van der Waals surface area contributed by atoms with E-state index in [9.17, 15) is 9.59 Å². The molecule has 4 heteroatoms. The molecular formula is C10H16O4. The summed E-state index contributed by atoms with van der Waals surface area (Å²) >= 11 is 0. The van der Waals surface area contributed by atoms with Crippen LogP contribution in [0, 0.1) is 0 Å². The number of ketones is 1. The van der Waals surface area contributed by atoms with Gasteiger partial charge in [-0.15, -0.1) is 0 Å². The fourth-order valence-electron chi connectivity index (χ4n) is 1.05. The van der Waals surface area contributed by atoms with Gasteiger partial charge in [0.15, 0.2) is 0 Å². The van der Waals surface area contributed by atoms with Crippen molar-refractivity contribution in [2.45, 2.75) is 38.7 Å². The van der Waals surface area contributed by atoms with Gasteiger partial charge in [-0.3, -0.25) is 9.59 Å². The number of aliphatic hydroxyl groups excluding tert-OH is 1. The van der Waals surface area contributed by atoms with Crippen LogP contribution in [-0.2, 0) is 9.59 Å². The molecule has 1 atom stereocenters. The Balaban J connectivity index is 3.65. The first-order valence-corrected chi connectivity index (χ1v) is 4.59. The molecule has 0 aromatic carbocycles. The molecule has 1 unspecified atom stereocenters. The average Bonchev–Trinajstić information content (AvgIpc) is 2.02. The first-order valence-electron chi connectivity index (χ1n) is 4.59. The minimum atomic E-state index is -1.08. The molecule has 2 N–H and O–H groups in total. The fraction of sp³-hybridized carbons (Fsp3) is 0.600. The Bertz CT molecular complexity index is 220. The Morgan fingerprint density at radius 1 is 1.36 bits per heavy atom. The second-order valence-corrected chi connectivity index (χ2v) is 3.10. The van der Waals surface area contributed by atoms with E-state index in [4.69, 9.17) is 10.2 Å². The van der Waals surface area contributed by atoms with Crippen molar-refractivity contribution in [2.24, 2.45) is 0 Å². The highest BCUT2D eigenvalue weighted by molar-refractivity contribution is 5.79. The number of carbonyl (C=O) groups is 2. The van der Waals surface area contributed by atoms with Gasteiger partial charge in [0.25, 0.3) is 0 Å². The number of aliphatic carboxylic acids is 1. The van der Waals surface area contributed by atoms with Crippen molar-refractivity contribution < 1.29 is 19.8 Å². The number of hydrogen-bond acceptors (Lipinski definition) is 3. The van der Waals surface area contributed by atoms with E-state index in [0.29, 0.717) is 12.8 Å². The maximum Gasteiger partial charge on any atom is 0.305 e. The number of Topliss-reactive ketones (excluding diaryl/α,β-unsaturated/α-hetero) is 1. The lowest BCUT2D eigenvalue weighted by Crippen LogP contribution is -2.17. The molecule has 0 aliphatic heterocycles. The molecule has 0 aromatic heterocycles. The summed E-state index contributed by atoms with van der Waals surface area (Å²) in [6.45, 7) is 1.86. The first-order chi connectivity index (χ1) is 6.56. The minimum absolute atomic E-state index is 0.0656. The van der Waals surface area contributed by atoms with E-state index in [-0.39, 0.29) is 18.6 Å². The van der Waals surface area contributed by atoms with E-state index in [1.165, 1.54) is 0 Å². The zero-order chi connectivity index (χ0) is 11.0. The Kier molecular flexibility index (Phi) is 6.66. The lowest BCUT2D eigenvalue weighted by Gasteiger charge is -2.05. The zero-order valence-corrected chi connectivity index (χ0v) is 8.27. The summed E-state index contributed by atoms with van der Waals surface area (Å²) in [5.74, 6) is -1.18. The molecule has 0 aromatic rings. The van der Waals surface area contributed by atoms with Crippen LogP contribution in [0.2, 0.25) is 0 Å². The van der Waals surface area contributed by atoms with Gasteiger partial charge < -0.3 is 10.2 Å². The van der Waals surface area contributed by atoms with Gasteiger partial charge in [0.1, 0.15) is 5.78 Å². The van der Waals surface area contributed by atoms with Crippen LogP contribution < -0.4 is 0 Å². The Morgan fingerprint density at radius 2 is 2.00 bits per heavy atom. The van der Waals surface area contributed by atoms with E-state index < -0.39 is 12.1 Å². The van der Waals surface area contributed by atoms with Gasteiger partial charge in [0.2, 0.25) is 0 Å². The molecule has 0 fully saturated rings. The summed E-state index contributed by atoms with van der Waals surface area (Å²) in [4.78, 5) is 21.3. The van der Waals surface area contributed by atoms with E-state index in [0.717, 1.165) is 0 Å². The first kappa shape index (κ1) is 12.8. The third-order valence-electron chi connectivity index (χ3n) is 1.70. The van der Waals surface area contributed by atoms with Crippen molar-refractivity contribution in [3.63, 3.8) is 0 Å². The lowest BCUT2D eigenvalue weighted by molar-refractivity contribution is -0.139. The van der Waals surface area contributed by atoms with Gasteiger partial charge in [-0.2, -0.15) is 0 Å². The average molecular weight is 200 g/mol. The van der Waals surface area contributed by atoms with Crippen molar-refractivity contribution in [3.05, 3.63) is 12.2 Å². The van der Waals surface area contributed by atoms with Crippen molar-refractivity contribution in [2.75, 3.05) is 0 Å². The van der Waals surface area contributed by atoms with Crippen LogP contribution in [0.5, 0.6) is 0 Å². The number of hydrogen-bond donors (Lipinski definition) is 2. The number of rotatable bonds is 7. The molecule has 0 aliphatic rings. The summed E-state index contributed by atoms with van der Waals surface area (Å²) in [5, 5.41) is 17.5. The van der Waals surface area contributed by atoms with Crippen LogP contribution in [0.3, 0.4) is 0 Å². The number of carboxylic acid groups (broad SMARTS) is 1. The van der Waals surface area contributed by atoms with Gasteiger partial charge in [0, 0.05) is 12.8 Å². The van der Waals surface area contributed by atoms with E-state index in [1.54, 1.807) is 0 Å². The molecule has 14 heavy (non-hydrogen) atoms. The number of allylic oxidation sites excluding steroid dienone is 2.